The number of nitro benzene ring substituents is 1. The summed E-state index contributed by atoms with van der Waals surface area (Å²) in [5.74, 6) is 0.372. The molecular formula is C12H15BrN2O3. The average Bonchev–Trinajstić information content (AvgIpc) is 2.79. The Morgan fingerprint density at radius 1 is 1.61 bits per heavy atom. The summed E-state index contributed by atoms with van der Waals surface area (Å²) in [4.78, 5) is 10.6. The first-order chi connectivity index (χ1) is 8.58. The Morgan fingerprint density at radius 3 is 3.00 bits per heavy atom. The van der Waals surface area contributed by atoms with Crippen LogP contribution in [-0.2, 0) is 0 Å². The lowest BCUT2D eigenvalue weighted by atomic mass is 10.2. The quantitative estimate of drug-likeness (QED) is 0.685. The molecule has 2 rings (SSSR count). The molecular weight excluding hydrogens is 300 g/mol. The SMILES string of the molecule is Cc1cc(Br)cc([N+](=O)[O-])c1OC[C@@H]1CCCN1. The number of benzene rings is 1. The van der Waals surface area contributed by atoms with Crippen molar-refractivity contribution in [3.8, 4) is 5.75 Å². The summed E-state index contributed by atoms with van der Waals surface area (Å²) in [5.41, 5.74) is 0.786. The minimum absolute atomic E-state index is 0.0138. The van der Waals surface area contributed by atoms with E-state index in [0.29, 0.717) is 22.9 Å². The van der Waals surface area contributed by atoms with Crippen LogP contribution in [0.2, 0.25) is 0 Å². The molecule has 0 aliphatic carbocycles. The zero-order chi connectivity index (χ0) is 13.1. The van der Waals surface area contributed by atoms with Gasteiger partial charge < -0.3 is 10.1 Å². The lowest BCUT2D eigenvalue weighted by Crippen LogP contribution is -2.28. The molecule has 0 unspecified atom stereocenters. The lowest BCUT2D eigenvalue weighted by Gasteiger charge is -2.14. The third-order valence-corrected chi connectivity index (χ3v) is 3.47. The fourth-order valence-electron chi connectivity index (χ4n) is 2.12. The maximum atomic E-state index is 11.0. The monoisotopic (exact) mass is 314 g/mol. The van der Waals surface area contributed by atoms with E-state index in [-0.39, 0.29) is 5.69 Å². The van der Waals surface area contributed by atoms with Gasteiger partial charge in [-0.1, -0.05) is 15.9 Å². The second-order valence-electron chi connectivity index (χ2n) is 4.43. The molecule has 5 nitrogen and oxygen atoms in total. The molecule has 1 aromatic carbocycles. The summed E-state index contributed by atoms with van der Waals surface area (Å²) in [5, 5.41) is 14.3. The van der Waals surface area contributed by atoms with Gasteiger partial charge in [-0.3, -0.25) is 10.1 Å². The minimum Gasteiger partial charge on any atom is -0.485 e. The Hall–Kier alpha value is -1.14. The third kappa shape index (κ3) is 3.00. The number of hydrogen-bond donors (Lipinski definition) is 1. The van der Waals surface area contributed by atoms with E-state index in [0.717, 1.165) is 24.9 Å². The highest BCUT2D eigenvalue weighted by Crippen LogP contribution is 2.34. The summed E-state index contributed by atoms with van der Waals surface area (Å²) in [7, 11) is 0. The molecule has 18 heavy (non-hydrogen) atoms. The maximum absolute atomic E-state index is 11.0. The van der Waals surface area contributed by atoms with Gasteiger partial charge in [0.15, 0.2) is 5.75 Å². The number of nitrogens with zero attached hydrogens (tertiary/aromatic N) is 1. The number of halogens is 1. The van der Waals surface area contributed by atoms with Gasteiger partial charge in [0, 0.05) is 16.6 Å². The van der Waals surface area contributed by atoms with Gasteiger partial charge in [-0.2, -0.15) is 0 Å². The molecule has 1 saturated heterocycles. The molecule has 6 heteroatoms. The van der Waals surface area contributed by atoms with Gasteiger partial charge in [0.05, 0.1) is 4.92 Å². The van der Waals surface area contributed by atoms with E-state index in [2.05, 4.69) is 21.2 Å². The fraction of sp³-hybridized carbons (Fsp3) is 0.500. The van der Waals surface area contributed by atoms with Crippen LogP contribution in [0.1, 0.15) is 18.4 Å². The Labute approximate surface area is 114 Å². The third-order valence-electron chi connectivity index (χ3n) is 3.01. The summed E-state index contributed by atoms with van der Waals surface area (Å²) >= 11 is 3.26. The molecule has 1 N–H and O–H groups in total. The van der Waals surface area contributed by atoms with Gasteiger partial charge in [0.25, 0.3) is 0 Å². The molecule has 0 amide bonds. The van der Waals surface area contributed by atoms with Gasteiger partial charge in [0.1, 0.15) is 6.61 Å². The van der Waals surface area contributed by atoms with Crippen molar-refractivity contribution in [3.05, 3.63) is 32.3 Å². The first-order valence-electron chi connectivity index (χ1n) is 5.88. The molecule has 1 aliphatic heterocycles. The van der Waals surface area contributed by atoms with Crippen LogP contribution in [0.3, 0.4) is 0 Å². The molecule has 1 aliphatic rings. The predicted octanol–water partition coefficient (Wildman–Crippen LogP) is 2.80. The summed E-state index contributed by atoms with van der Waals surface area (Å²) in [6.07, 6.45) is 2.19. The molecule has 0 bridgehead atoms. The minimum atomic E-state index is -0.408. The zero-order valence-electron chi connectivity index (χ0n) is 10.1. The molecule has 0 aromatic heterocycles. The number of nitrogens with one attached hydrogen (secondary N) is 1. The van der Waals surface area contributed by atoms with Crippen molar-refractivity contribution in [1.82, 2.24) is 5.32 Å². The van der Waals surface area contributed by atoms with Crippen LogP contribution in [0.4, 0.5) is 5.69 Å². The summed E-state index contributed by atoms with van der Waals surface area (Å²) in [6, 6.07) is 3.60. The van der Waals surface area contributed by atoms with Crippen LogP contribution in [0.15, 0.2) is 16.6 Å². The van der Waals surface area contributed by atoms with Gasteiger partial charge >= 0.3 is 5.69 Å². The van der Waals surface area contributed by atoms with Gasteiger partial charge in [-0.15, -0.1) is 0 Å². The van der Waals surface area contributed by atoms with Crippen molar-refractivity contribution in [3.63, 3.8) is 0 Å². The lowest BCUT2D eigenvalue weighted by molar-refractivity contribution is -0.386. The van der Waals surface area contributed by atoms with Crippen LogP contribution in [0, 0.1) is 17.0 Å². The molecule has 0 saturated carbocycles. The average molecular weight is 315 g/mol. The number of hydrogen-bond acceptors (Lipinski definition) is 4. The zero-order valence-corrected chi connectivity index (χ0v) is 11.7. The molecule has 98 valence electrons. The summed E-state index contributed by atoms with van der Waals surface area (Å²) in [6.45, 7) is 3.29. The molecule has 1 atom stereocenters. The molecule has 1 heterocycles. The normalized spacial score (nSPS) is 18.9. The standard InChI is InChI=1S/C12H15BrN2O3/c1-8-5-9(13)6-11(15(16)17)12(8)18-7-10-3-2-4-14-10/h5-6,10,14H,2-4,7H2,1H3/t10-/m0/s1. The van der Waals surface area contributed by atoms with Gasteiger partial charge in [-0.25, -0.2) is 0 Å². The Balaban J connectivity index is 2.17. The number of aryl methyl sites for hydroxylation is 1. The van der Waals surface area contributed by atoms with Crippen LogP contribution in [0.5, 0.6) is 5.75 Å². The Morgan fingerprint density at radius 2 is 2.39 bits per heavy atom. The molecule has 1 aromatic rings. The van der Waals surface area contributed by atoms with Crippen molar-refractivity contribution in [1.29, 1.82) is 0 Å². The maximum Gasteiger partial charge on any atom is 0.312 e. The first kappa shape index (κ1) is 13.3. The van der Waals surface area contributed by atoms with Gasteiger partial charge in [0.2, 0.25) is 0 Å². The molecule has 0 spiro atoms. The van der Waals surface area contributed by atoms with Crippen molar-refractivity contribution in [2.24, 2.45) is 0 Å². The van der Waals surface area contributed by atoms with Crippen LogP contribution < -0.4 is 10.1 Å². The van der Waals surface area contributed by atoms with E-state index in [1.165, 1.54) is 6.07 Å². The topological polar surface area (TPSA) is 64.4 Å². The Kier molecular flexibility index (Phi) is 4.19. The van der Waals surface area contributed by atoms with Crippen molar-refractivity contribution in [2.45, 2.75) is 25.8 Å². The smallest absolute Gasteiger partial charge is 0.312 e. The van der Waals surface area contributed by atoms with Crippen LogP contribution in [0.25, 0.3) is 0 Å². The van der Waals surface area contributed by atoms with Crippen LogP contribution >= 0.6 is 15.9 Å². The molecule has 1 fully saturated rings. The van der Waals surface area contributed by atoms with E-state index in [1.807, 2.05) is 13.0 Å². The highest BCUT2D eigenvalue weighted by atomic mass is 79.9. The van der Waals surface area contributed by atoms with E-state index in [9.17, 15) is 10.1 Å². The number of ether oxygens (including phenoxy) is 1. The van der Waals surface area contributed by atoms with Crippen LogP contribution in [-0.4, -0.2) is 24.1 Å². The van der Waals surface area contributed by atoms with Gasteiger partial charge in [-0.05, 0) is 37.9 Å². The van der Waals surface area contributed by atoms with Crippen molar-refractivity contribution < 1.29 is 9.66 Å². The predicted molar refractivity (Wildman–Crippen MR) is 72.1 cm³/mol. The van der Waals surface area contributed by atoms with E-state index >= 15 is 0 Å². The van der Waals surface area contributed by atoms with E-state index in [4.69, 9.17) is 4.74 Å². The fourth-order valence-corrected chi connectivity index (χ4v) is 2.68. The second-order valence-corrected chi connectivity index (χ2v) is 5.35. The number of rotatable bonds is 4. The molecule has 0 radical (unpaired) electrons. The van der Waals surface area contributed by atoms with E-state index < -0.39 is 4.92 Å². The van der Waals surface area contributed by atoms with E-state index in [1.54, 1.807) is 0 Å². The second kappa shape index (κ2) is 5.67. The van der Waals surface area contributed by atoms with Crippen molar-refractivity contribution in [2.75, 3.05) is 13.2 Å². The largest absolute Gasteiger partial charge is 0.485 e. The van der Waals surface area contributed by atoms with Crippen molar-refractivity contribution >= 4 is 21.6 Å². The number of nitro groups is 1. The highest BCUT2D eigenvalue weighted by Gasteiger charge is 2.21. The first-order valence-corrected chi connectivity index (χ1v) is 6.68. The Bertz CT molecular complexity index is 459. The summed E-state index contributed by atoms with van der Waals surface area (Å²) < 4.78 is 6.34. The highest BCUT2D eigenvalue weighted by molar-refractivity contribution is 9.10.